The van der Waals surface area contributed by atoms with E-state index in [0.29, 0.717) is 37.2 Å². The Bertz CT molecular complexity index is 815. The van der Waals surface area contributed by atoms with Gasteiger partial charge >= 0.3 is 0 Å². The van der Waals surface area contributed by atoms with E-state index in [0.717, 1.165) is 11.3 Å². The number of methoxy groups -OCH3 is 1. The summed E-state index contributed by atoms with van der Waals surface area (Å²) in [5.41, 5.74) is 1.88. The van der Waals surface area contributed by atoms with Crippen LogP contribution in [0.1, 0.15) is 19.4 Å². The maximum atomic E-state index is 12.6. The monoisotopic (exact) mass is 526 g/mol. The zero-order chi connectivity index (χ0) is 21.1. The van der Waals surface area contributed by atoms with E-state index in [1.165, 1.54) is 0 Å². The number of likely N-dealkylation sites (N-methyl/N-ethyl adjacent to an activating group) is 1. The van der Waals surface area contributed by atoms with E-state index in [1.54, 1.807) is 19.1 Å². The van der Waals surface area contributed by atoms with Crippen molar-refractivity contribution < 1.29 is 14.3 Å². The predicted molar refractivity (Wildman–Crippen MR) is 132 cm³/mol. The van der Waals surface area contributed by atoms with Gasteiger partial charge in [-0.25, -0.2) is 0 Å². The molecule has 0 radical (unpaired) electrons. The molecule has 2 aromatic carbocycles. The molecule has 1 amide bonds. The minimum Gasteiger partial charge on any atom is -0.493 e. The van der Waals surface area contributed by atoms with Gasteiger partial charge in [0.15, 0.2) is 17.5 Å². The summed E-state index contributed by atoms with van der Waals surface area (Å²) in [6.45, 7) is 5.82. The molecule has 164 valence electrons. The molecule has 0 saturated carbocycles. The number of carbonyl (C=O) groups is 1. The maximum Gasteiger partial charge on any atom is 0.242 e. The number of carbonyl (C=O) groups excluding carboxylic acids is 1. The summed E-state index contributed by atoms with van der Waals surface area (Å²) in [5, 5.41) is 6.24. The lowest BCUT2D eigenvalue weighted by Crippen LogP contribution is -2.41. The smallest absolute Gasteiger partial charge is 0.242 e. The standard InChI is InChI=1S/C22H30N4O3.HI/c1-5-26(16-17-10-8-7-9-11-17)21(27)15-24-22(23-3)25-18-12-13-19(29-6-2)20(14-18)28-4;/h7-14H,5-6,15-16H2,1-4H3,(H2,23,24,25);1H. The second-order valence-electron chi connectivity index (χ2n) is 6.24. The number of anilines is 1. The molecule has 2 rings (SSSR count). The summed E-state index contributed by atoms with van der Waals surface area (Å²) in [5.74, 6) is 1.81. The summed E-state index contributed by atoms with van der Waals surface area (Å²) in [4.78, 5) is 18.6. The highest BCUT2D eigenvalue weighted by molar-refractivity contribution is 14.0. The van der Waals surface area contributed by atoms with Gasteiger partial charge in [0.2, 0.25) is 5.91 Å². The maximum absolute atomic E-state index is 12.6. The quantitative estimate of drug-likeness (QED) is 0.296. The molecule has 0 bridgehead atoms. The molecule has 0 atom stereocenters. The summed E-state index contributed by atoms with van der Waals surface area (Å²) in [6.07, 6.45) is 0. The fraction of sp³-hybridized carbons (Fsp3) is 0.364. The fourth-order valence-electron chi connectivity index (χ4n) is 2.79. The minimum atomic E-state index is 0. The Morgan fingerprint density at radius 3 is 2.43 bits per heavy atom. The number of amides is 1. The van der Waals surface area contributed by atoms with Crippen LogP contribution in [0.5, 0.6) is 11.5 Å². The SMILES string of the molecule is CCOc1ccc(NC(=NC)NCC(=O)N(CC)Cc2ccccc2)cc1OC.I. The van der Waals surface area contributed by atoms with Crippen LogP contribution in [-0.4, -0.2) is 50.6 Å². The fourth-order valence-corrected chi connectivity index (χ4v) is 2.79. The van der Waals surface area contributed by atoms with Crippen molar-refractivity contribution in [2.75, 3.05) is 39.2 Å². The van der Waals surface area contributed by atoms with E-state index in [1.807, 2.05) is 62.4 Å². The summed E-state index contributed by atoms with van der Waals surface area (Å²) in [6, 6.07) is 15.5. The summed E-state index contributed by atoms with van der Waals surface area (Å²) in [7, 11) is 3.26. The zero-order valence-electron chi connectivity index (χ0n) is 18.0. The Labute approximate surface area is 195 Å². The van der Waals surface area contributed by atoms with Gasteiger partial charge in [-0.3, -0.25) is 9.79 Å². The van der Waals surface area contributed by atoms with Gasteiger partial charge in [-0.05, 0) is 31.5 Å². The molecule has 0 unspecified atom stereocenters. The molecule has 7 nitrogen and oxygen atoms in total. The number of benzene rings is 2. The minimum absolute atomic E-state index is 0. The molecular weight excluding hydrogens is 495 g/mol. The van der Waals surface area contributed by atoms with Crippen molar-refractivity contribution in [1.82, 2.24) is 10.2 Å². The Morgan fingerprint density at radius 1 is 1.10 bits per heavy atom. The van der Waals surface area contributed by atoms with E-state index in [9.17, 15) is 4.79 Å². The number of guanidine groups is 1. The highest BCUT2D eigenvalue weighted by Gasteiger charge is 2.13. The molecular formula is C22H31IN4O3. The highest BCUT2D eigenvalue weighted by atomic mass is 127. The van der Waals surface area contributed by atoms with Gasteiger partial charge in [-0.15, -0.1) is 24.0 Å². The number of hydrogen-bond acceptors (Lipinski definition) is 4. The van der Waals surface area contributed by atoms with Crippen LogP contribution in [0.15, 0.2) is 53.5 Å². The van der Waals surface area contributed by atoms with Crippen LogP contribution in [0.4, 0.5) is 5.69 Å². The zero-order valence-corrected chi connectivity index (χ0v) is 20.3. The van der Waals surface area contributed by atoms with Crippen LogP contribution in [0, 0.1) is 0 Å². The number of nitrogens with zero attached hydrogens (tertiary/aromatic N) is 2. The molecule has 0 saturated heterocycles. The number of aliphatic imine (C=N–C) groups is 1. The summed E-state index contributed by atoms with van der Waals surface area (Å²) >= 11 is 0. The van der Waals surface area contributed by atoms with E-state index >= 15 is 0 Å². The topological polar surface area (TPSA) is 75.2 Å². The molecule has 0 aliphatic heterocycles. The molecule has 30 heavy (non-hydrogen) atoms. The first kappa shape index (κ1) is 25.5. The normalized spacial score (nSPS) is 10.6. The van der Waals surface area contributed by atoms with Crippen molar-refractivity contribution in [3.63, 3.8) is 0 Å². The average Bonchev–Trinajstić information content (AvgIpc) is 2.76. The van der Waals surface area contributed by atoms with Crippen molar-refractivity contribution >= 4 is 41.5 Å². The molecule has 0 heterocycles. The molecule has 0 aromatic heterocycles. The van der Waals surface area contributed by atoms with Gasteiger partial charge in [-0.2, -0.15) is 0 Å². The first-order chi connectivity index (χ1) is 14.1. The first-order valence-corrected chi connectivity index (χ1v) is 9.71. The van der Waals surface area contributed by atoms with E-state index in [-0.39, 0.29) is 36.4 Å². The van der Waals surface area contributed by atoms with Crippen molar-refractivity contribution in [2.24, 2.45) is 4.99 Å². The van der Waals surface area contributed by atoms with Crippen LogP contribution in [0.2, 0.25) is 0 Å². The van der Waals surface area contributed by atoms with E-state index in [4.69, 9.17) is 9.47 Å². The average molecular weight is 526 g/mol. The van der Waals surface area contributed by atoms with Crippen LogP contribution in [-0.2, 0) is 11.3 Å². The van der Waals surface area contributed by atoms with Gasteiger partial charge < -0.3 is 25.0 Å². The van der Waals surface area contributed by atoms with Gasteiger partial charge in [0.25, 0.3) is 0 Å². The third-order valence-electron chi connectivity index (χ3n) is 4.31. The highest BCUT2D eigenvalue weighted by Crippen LogP contribution is 2.30. The molecule has 2 N–H and O–H groups in total. The lowest BCUT2D eigenvalue weighted by molar-refractivity contribution is -0.130. The molecule has 8 heteroatoms. The van der Waals surface area contributed by atoms with Gasteiger partial charge in [0.1, 0.15) is 0 Å². The number of ether oxygens (including phenoxy) is 2. The molecule has 0 spiro atoms. The molecule has 0 fully saturated rings. The van der Waals surface area contributed by atoms with Gasteiger partial charge in [0, 0.05) is 31.9 Å². The molecule has 2 aromatic rings. The Balaban J connectivity index is 0.00000450. The first-order valence-electron chi connectivity index (χ1n) is 9.71. The number of hydrogen-bond donors (Lipinski definition) is 2. The van der Waals surface area contributed by atoms with E-state index in [2.05, 4.69) is 15.6 Å². The molecule has 0 aliphatic rings. The van der Waals surface area contributed by atoms with Crippen molar-refractivity contribution in [1.29, 1.82) is 0 Å². The van der Waals surface area contributed by atoms with Crippen LogP contribution >= 0.6 is 24.0 Å². The van der Waals surface area contributed by atoms with Crippen LogP contribution < -0.4 is 20.1 Å². The van der Waals surface area contributed by atoms with Gasteiger partial charge in [0.05, 0.1) is 20.3 Å². The van der Waals surface area contributed by atoms with Crippen LogP contribution in [0.25, 0.3) is 0 Å². The van der Waals surface area contributed by atoms with Crippen molar-refractivity contribution in [3.8, 4) is 11.5 Å². The predicted octanol–water partition coefficient (Wildman–Crippen LogP) is 3.75. The third-order valence-corrected chi connectivity index (χ3v) is 4.31. The van der Waals surface area contributed by atoms with Gasteiger partial charge in [-0.1, -0.05) is 30.3 Å². The second kappa shape index (κ2) is 13.7. The Hall–Kier alpha value is -2.49. The molecule has 0 aliphatic carbocycles. The third kappa shape index (κ3) is 7.74. The number of halogens is 1. The lowest BCUT2D eigenvalue weighted by Gasteiger charge is -2.22. The Kier molecular flexibility index (Phi) is 11.7. The number of nitrogens with one attached hydrogen (secondary N) is 2. The van der Waals surface area contributed by atoms with Crippen molar-refractivity contribution in [2.45, 2.75) is 20.4 Å². The largest absolute Gasteiger partial charge is 0.493 e. The van der Waals surface area contributed by atoms with Crippen molar-refractivity contribution in [3.05, 3.63) is 54.1 Å². The summed E-state index contributed by atoms with van der Waals surface area (Å²) < 4.78 is 10.9. The van der Waals surface area contributed by atoms with Crippen LogP contribution in [0.3, 0.4) is 0 Å². The van der Waals surface area contributed by atoms with E-state index < -0.39 is 0 Å². The number of rotatable bonds is 9. The second-order valence-corrected chi connectivity index (χ2v) is 6.24. The Morgan fingerprint density at radius 2 is 1.83 bits per heavy atom. The lowest BCUT2D eigenvalue weighted by atomic mass is 10.2.